The van der Waals surface area contributed by atoms with Gasteiger partial charge in [-0.2, -0.15) is 0 Å². The van der Waals surface area contributed by atoms with Gasteiger partial charge in [-0.25, -0.2) is 4.68 Å². The van der Waals surface area contributed by atoms with Crippen LogP contribution in [-0.2, 0) is 18.4 Å². The van der Waals surface area contributed by atoms with Crippen LogP contribution in [0.15, 0.2) is 146 Å². The van der Waals surface area contributed by atoms with Gasteiger partial charge in [-0.15, -0.1) is 5.10 Å². The van der Waals surface area contributed by atoms with Crippen LogP contribution in [0.5, 0.6) is 5.75 Å². The number of aromatic nitrogens is 5. The number of methoxy groups -OCH3 is 1. The van der Waals surface area contributed by atoms with E-state index in [9.17, 15) is 0 Å². The number of nitrogens with zero attached hydrogens (tertiary/aromatic N) is 5. The van der Waals surface area contributed by atoms with Crippen LogP contribution >= 0.6 is 0 Å². The summed E-state index contributed by atoms with van der Waals surface area (Å²) in [6.45, 7) is 4.25. The van der Waals surface area contributed by atoms with Gasteiger partial charge in [-0.3, -0.25) is 4.98 Å². The topological polar surface area (TPSA) is 65.7 Å². The fourth-order valence-corrected chi connectivity index (χ4v) is 6.76. The van der Waals surface area contributed by atoms with Gasteiger partial charge in [0, 0.05) is 16.8 Å². The average Bonchev–Trinajstić information content (AvgIpc) is 3.66. The molecule has 0 aliphatic rings. The smallest absolute Gasteiger partial charge is 0.184 e. The minimum absolute atomic E-state index is 0.655. The highest BCUT2D eigenvalue weighted by atomic mass is 16.5. The van der Waals surface area contributed by atoms with Gasteiger partial charge in [-0.05, 0) is 74.8 Å². The number of tetrazole rings is 1. The van der Waals surface area contributed by atoms with Gasteiger partial charge in [-0.1, -0.05) is 141 Å². The Hall–Kier alpha value is -5.88. The first-order valence-electron chi connectivity index (χ1n) is 16.4. The summed E-state index contributed by atoms with van der Waals surface area (Å²) in [7, 11) is 1.72. The lowest BCUT2D eigenvalue weighted by Crippen LogP contribution is -2.39. The molecule has 0 atom stereocenters. The van der Waals surface area contributed by atoms with Gasteiger partial charge >= 0.3 is 0 Å². The molecule has 2 heterocycles. The third-order valence-electron chi connectivity index (χ3n) is 9.02. The predicted molar refractivity (Wildman–Crippen MR) is 192 cm³/mol. The van der Waals surface area contributed by atoms with E-state index in [1.807, 2.05) is 28.9 Å². The molecule has 0 bridgehead atoms. The van der Waals surface area contributed by atoms with Crippen molar-refractivity contribution >= 4 is 0 Å². The van der Waals surface area contributed by atoms with Crippen LogP contribution < -0.4 is 4.74 Å². The van der Waals surface area contributed by atoms with Gasteiger partial charge in [0.1, 0.15) is 11.3 Å². The van der Waals surface area contributed by atoms with Crippen molar-refractivity contribution in [3.63, 3.8) is 0 Å². The molecule has 0 unspecified atom stereocenters. The zero-order valence-electron chi connectivity index (χ0n) is 27.4. The highest BCUT2D eigenvalue weighted by molar-refractivity contribution is 5.86. The minimum Gasteiger partial charge on any atom is -0.494 e. The lowest BCUT2D eigenvalue weighted by atomic mass is 9.77. The van der Waals surface area contributed by atoms with Crippen LogP contribution in [0, 0.1) is 0 Å². The molecular weight excluding hydrogens is 590 g/mol. The van der Waals surface area contributed by atoms with Crippen molar-refractivity contribution in [1.82, 2.24) is 25.2 Å². The first kappa shape index (κ1) is 30.8. The van der Waals surface area contributed by atoms with Crippen LogP contribution in [0.2, 0.25) is 0 Å². The third kappa shape index (κ3) is 5.35. The largest absolute Gasteiger partial charge is 0.494 e. The van der Waals surface area contributed by atoms with Crippen molar-refractivity contribution in [1.29, 1.82) is 0 Å². The van der Waals surface area contributed by atoms with E-state index < -0.39 is 5.54 Å². The Bertz CT molecular complexity index is 2030. The summed E-state index contributed by atoms with van der Waals surface area (Å²) >= 11 is 0. The maximum Gasteiger partial charge on any atom is 0.184 e. The average molecular weight is 628 g/mol. The summed E-state index contributed by atoms with van der Waals surface area (Å²) < 4.78 is 7.97. The van der Waals surface area contributed by atoms with E-state index in [0.29, 0.717) is 5.82 Å². The molecule has 0 spiro atoms. The fraction of sp³-hybridized carbons (Fsp3) is 0.143. The monoisotopic (exact) mass is 627 g/mol. The van der Waals surface area contributed by atoms with Gasteiger partial charge in [0.15, 0.2) is 5.82 Å². The second kappa shape index (κ2) is 13.5. The molecule has 48 heavy (non-hydrogen) atoms. The van der Waals surface area contributed by atoms with Crippen molar-refractivity contribution in [3.8, 4) is 39.4 Å². The second-order valence-electron chi connectivity index (χ2n) is 11.7. The van der Waals surface area contributed by atoms with E-state index in [-0.39, 0.29) is 0 Å². The van der Waals surface area contributed by atoms with Crippen LogP contribution in [-0.4, -0.2) is 32.3 Å². The molecule has 0 fully saturated rings. The van der Waals surface area contributed by atoms with E-state index in [1.54, 1.807) is 7.11 Å². The molecule has 0 amide bonds. The van der Waals surface area contributed by atoms with Gasteiger partial charge < -0.3 is 4.74 Å². The fourth-order valence-electron chi connectivity index (χ4n) is 6.76. The Morgan fingerprint density at radius 2 is 1.15 bits per heavy atom. The molecule has 0 saturated heterocycles. The number of aryl methyl sites for hydroxylation is 2. The highest BCUT2D eigenvalue weighted by Gasteiger charge is 2.42. The van der Waals surface area contributed by atoms with Crippen LogP contribution in [0.25, 0.3) is 33.6 Å². The summed E-state index contributed by atoms with van der Waals surface area (Å²) in [5.41, 5.74) is 9.35. The number of ether oxygens (including phenoxy) is 1. The molecule has 236 valence electrons. The minimum atomic E-state index is -0.865. The second-order valence-corrected chi connectivity index (χ2v) is 11.7. The zero-order valence-corrected chi connectivity index (χ0v) is 27.4. The maximum absolute atomic E-state index is 5.98. The zero-order chi connectivity index (χ0) is 32.9. The first-order valence-corrected chi connectivity index (χ1v) is 16.4. The molecule has 7 rings (SSSR count). The first-order chi connectivity index (χ1) is 23.7. The van der Waals surface area contributed by atoms with Crippen molar-refractivity contribution in [2.75, 3.05) is 7.11 Å². The van der Waals surface area contributed by atoms with E-state index >= 15 is 0 Å². The Kier molecular flexibility index (Phi) is 8.63. The maximum atomic E-state index is 5.98. The quantitative estimate of drug-likeness (QED) is 0.142. The van der Waals surface area contributed by atoms with E-state index in [4.69, 9.17) is 20.0 Å². The summed E-state index contributed by atoms with van der Waals surface area (Å²) in [5.74, 6) is 1.46. The van der Waals surface area contributed by atoms with Crippen molar-refractivity contribution in [2.45, 2.75) is 32.2 Å². The predicted octanol–water partition coefficient (Wildman–Crippen LogP) is 9.04. The Morgan fingerprint density at radius 1 is 0.583 bits per heavy atom. The standard InChI is InChI=1S/C42H37N5O/c1-4-35-29-38(40(48-3)39(5-2)43-35)31-26-27-36(37(28-31)30-18-10-6-11-19-30)41-44-45-46-47(41)42(32-20-12-7-13-21-32,33-22-14-8-15-23-33)34-24-16-9-17-25-34/h6-29H,4-5H2,1-3H3. The van der Waals surface area contributed by atoms with E-state index in [2.05, 4.69) is 140 Å². The molecule has 6 nitrogen and oxygen atoms in total. The Labute approximate surface area is 281 Å². The molecular formula is C42H37N5O. The SMILES string of the molecule is CCc1cc(-c2ccc(-c3nnnn3C(c3ccccc3)(c3ccccc3)c3ccccc3)c(-c3ccccc3)c2)c(OC)c(CC)n1. The summed E-state index contributed by atoms with van der Waals surface area (Å²) in [5, 5.41) is 13.9. The lowest BCUT2D eigenvalue weighted by Gasteiger charge is -2.36. The normalized spacial score (nSPS) is 11.4. The van der Waals surface area contributed by atoms with Crippen molar-refractivity contribution in [3.05, 3.63) is 174 Å². The molecule has 0 N–H and O–H groups in total. The summed E-state index contributed by atoms with van der Waals surface area (Å²) in [6, 6.07) is 50.6. The number of rotatable bonds is 10. The molecule has 6 heteroatoms. The van der Waals surface area contributed by atoms with Crippen LogP contribution in [0.4, 0.5) is 0 Å². The molecule has 0 aliphatic heterocycles. The summed E-state index contributed by atoms with van der Waals surface area (Å²) in [4.78, 5) is 4.88. The van der Waals surface area contributed by atoms with E-state index in [1.165, 1.54) is 0 Å². The van der Waals surface area contributed by atoms with Crippen molar-refractivity contribution < 1.29 is 4.74 Å². The van der Waals surface area contributed by atoms with Gasteiger partial charge in [0.2, 0.25) is 0 Å². The molecule has 2 aromatic heterocycles. The van der Waals surface area contributed by atoms with Gasteiger partial charge in [0.25, 0.3) is 0 Å². The molecule has 5 aromatic carbocycles. The number of benzene rings is 5. The highest BCUT2D eigenvalue weighted by Crippen LogP contribution is 2.44. The lowest BCUT2D eigenvalue weighted by molar-refractivity contribution is 0.408. The molecule has 7 aromatic rings. The number of hydrogen-bond donors (Lipinski definition) is 0. The van der Waals surface area contributed by atoms with Crippen LogP contribution in [0.1, 0.15) is 41.9 Å². The number of hydrogen-bond acceptors (Lipinski definition) is 5. The van der Waals surface area contributed by atoms with Crippen LogP contribution in [0.3, 0.4) is 0 Å². The van der Waals surface area contributed by atoms with E-state index in [0.717, 1.165) is 74.5 Å². The number of pyridine rings is 1. The van der Waals surface area contributed by atoms with Gasteiger partial charge in [0.05, 0.1) is 12.8 Å². The molecule has 0 saturated carbocycles. The molecule has 0 radical (unpaired) electrons. The van der Waals surface area contributed by atoms with Crippen molar-refractivity contribution in [2.24, 2.45) is 0 Å². The Balaban J connectivity index is 1.53. The molecule has 0 aliphatic carbocycles. The summed E-state index contributed by atoms with van der Waals surface area (Å²) in [6.07, 6.45) is 1.62. The Morgan fingerprint density at radius 3 is 1.67 bits per heavy atom. The third-order valence-corrected chi connectivity index (χ3v) is 9.02.